The van der Waals surface area contributed by atoms with Crippen molar-refractivity contribution in [1.82, 2.24) is 9.78 Å². The summed E-state index contributed by atoms with van der Waals surface area (Å²) >= 11 is 0. The second-order valence-electron chi connectivity index (χ2n) is 9.20. The van der Waals surface area contributed by atoms with Gasteiger partial charge in [-0.25, -0.2) is 13.2 Å². The lowest BCUT2D eigenvalue weighted by Gasteiger charge is -2.41. The normalized spacial score (nSPS) is 18.4. The number of aromatic nitrogens is 2. The van der Waals surface area contributed by atoms with Crippen molar-refractivity contribution in [3.63, 3.8) is 0 Å². The molecular weight excluding hydrogens is 444 g/mol. The van der Waals surface area contributed by atoms with Crippen molar-refractivity contribution in [2.75, 3.05) is 28.4 Å². The molecule has 1 aliphatic heterocycles. The summed E-state index contributed by atoms with van der Waals surface area (Å²) in [6, 6.07) is 5.46. The number of aryl methyl sites for hydroxylation is 1. The van der Waals surface area contributed by atoms with Gasteiger partial charge in [0.1, 0.15) is 9.84 Å². The standard InChI is InChI=1S/C23H30N4O5S/c1-15(2)32-23(29)26-13-16(3)27(22(28)17-5-6-17)20-8-7-18(11-21(20)26)19-12-24-25(14-19)9-10-33(4,30)31/h7-8,11-12,14-17H,5-6,9-10,13H2,1-4H3/t16-/m0/s1. The zero-order valence-electron chi connectivity index (χ0n) is 19.4. The lowest BCUT2D eigenvalue weighted by Crippen LogP contribution is -2.52. The van der Waals surface area contributed by atoms with Crippen LogP contribution < -0.4 is 9.80 Å². The highest BCUT2D eigenvalue weighted by atomic mass is 32.2. The van der Waals surface area contributed by atoms with E-state index >= 15 is 0 Å². The van der Waals surface area contributed by atoms with Crippen molar-refractivity contribution in [1.29, 1.82) is 0 Å². The van der Waals surface area contributed by atoms with Crippen molar-refractivity contribution >= 4 is 33.2 Å². The van der Waals surface area contributed by atoms with Gasteiger partial charge in [-0.15, -0.1) is 0 Å². The van der Waals surface area contributed by atoms with E-state index in [1.54, 1.807) is 35.8 Å². The first kappa shape index (κ1) is 23.3. The first-order valence-electron chi connectivity index (χ1n) is 11.2. The minimum absolute atomic E-state index is 0.00323. The molecule has 0 N–H and O–H groups in total. The molecule has 1 fully saturated rings. The highest BCUT2D eigenvalue weighted by molar-refractivity contribution is 7.90. The number of ether oxygens (including phenoxy) is 1. The number of hydrogen-bond acceptors (Lipinski definition) is 6. The Morgan fingerprint density at radius 2 is 1.91 bits per heavy atom. The van der Waals surface area contributed by atoms with Gasteiger partial charge in [0.2, 0.25) is 5.91 Å². The van der Waals surface area contributed by atoms with Crippen molar-refractivity contribution in [3.8, 4) is 11.1 Å². The molecule has 10 heteroatoms. The summed E-state index contributed by atoms with van der Waals surface area (Å²) in [4.78, 5) is 29.3. The Hall–Kier alpha value is -2.88. The molecule has 0 unspecified atom stereocenters. The van der Waals surface area contributed by atoms with Crippen LogP contribution in [-0.2, 0) is 25.9 Å². The molecule has 1 saturated carbocycles. The highest BCUT2D eigenvalue weighted by Crippen LogP contribution is 2.42. The fourth-order valence-corrected chi connectivity index (χ4v) is 4.52. The maximum Gasteiger partial charge on any atom is 0.414 e. The summed E-state index contributed by atoms with van der Waals surface area (Å²) in [6.45, 7) is 6.15. The average Bonchev–Trinajstić information content (AvgIpc) is 3.47. The zero-order valence-corrected chi connectivity index (χ0v) is 20.2. The van der Waals surface area contributed by atoms with E-state index < -0.39 is 15.9 Å². The monoisotopic (exact) mass is 474 g/mol. The Labute approximate surface area is 194 Å². The predicted molar refractivity (Wildman–Crippen MR) is 126 cm³/mol. The Balaban J connectivity index is 1.69. The maximum absolute atomic E-state index is 13.0. The summed E-state index contributed by atoms with van der Waals surface area (Å²) in [5.41, 5.74) is 2.92. The molecular formula is C23H30N4O5S. The first-order chi connectivity index (χ1) is 15.5. The van der Waals surface area contributed by atoms with Crippen LogP contribution in [0.5, 0.6) is 0 Å². The number of carbonyl (C=O) groups is 2. The van der Waals surface area contributed by atoms with Crippen molar-refractivity contribution in [3.05, 3.63) is 30.6 Å². The van der Waals surface area contributed by atoms with E-state index in [1.165, 1.54) is 6.26 Å². The van der Waals surface area contributed by atoms with E-state index in [0.717, 1.165) is 24.0 Å². The van der Waals surface area contributed by atoms with Crippen LogP contribution in [0, 0.1) is 5.92 Å². The number of sulfone groups is 1. The SMILES string of the molecule is CC(C)OC(=O)N1C[C@H](C)N(C(=O)C2CC2)c2ccc(-c3cnn(CCS(C)(=O)=O)c3)cc21. The number of nitrogens with zero attached hydrogens (tertiary/aromatic N) is 4. The van der Waals surface area contributed by atoms with Gasteiger partial charge in [-0.2, -0.15) is 5.10 Å². The van der Waals surface area contributed by atoms with Gasteiger partial charge in [0, 0.05) is 30.5 Å². The largest absolute Gasteiger partial charge is 0.446 e. The smallest absolute Gasteiger partial charge is 0.414 e. The Bertz CT molecular complexity index is 1170. The van der Waals surface area contributed by atoms with Crippen LogP contribution in [0.1, 0.15) is 33.6 Å². The molecule has 178 valence electrons. The molecule has 0 saturated heterocycles. The number of carbonyl (C=O) groups excluding carboxylic acids is 2. The van der Waals surface area contributed by atoms with Gasteiger partial charge in [0.25, 0.3) is 0 Å². The molecule has 2 aromatic rings. The molecule has 1 aliphatic carbocycles. The van der Waals surface area contributed by atoms with E-state index in [-0.39, 0.29) is 36.3 Å². The number of hydrogen-bond donors (Lipinski definition) is 0. The fraction of sp³-hybridized carbons (Fsp3) is 0.522. The van der Waals surface area contributed by atoms with Gasteiger partial charge in [-0.3, -0.25) is 14.4 Å². The predicted octanol–water partition coefficient (Wildman–Crippen LogP) is 3.09. The quantitative estimate of drug-likeness (QED) is 0.638. The summed E-state index contributed by atoms with van der Waals surface area (Å²) in [7, 11) is -3.09. The topological polar surface area (TPSA) is 102 Å². The highest BCUT2D eigenvalue weighted by Gasteiger charge is 2.41. The maximum atomic E-state index is 13.0. The number of amides is 2. The van der Waals surface area contributed by atoms with Crippen molar-refractivity contribution < 1.29 is 22.7 Å². The van der Waals surface area contributed by atoms with Gasteiger partial charge >= 0.3 is 6.09 Å². The van der Waals surface area contributed by atoms with Crippen LogP contribution >= 0.6 is 0 Å². The third-order valence-electron chi connectivity index (χ3n) is 5.79. The molecule has 2 aliphatic rings. The molecule has 9 nitrogen and oxygen atoms in total. The Kier molecular flexibility index (Phi) is 6.22. The van der Waals surface area contributed by atoms with Crippen LogP contribution in [0.2, 0.25) is 0 Å². The number of benzene rings is 1. The van der Waals surface area contributed by atoms with Crippen LogP contribution in [0.4, 0.5) is 16.2 Å². The minimum atomic E-state index is -3.09. The molecule has 1 atom stereocenters. The number of rotatable bonds is 6. The van der Waals surface area contributed by atoms with Gasteiger partial charge < -0.3 is 9.64 Å². The third-order valence-corrected chi connectivity index (χ3v) is 6.72. The first-order valence-corrected chi connectivity index (χ1v) is 13.3. The lowest BCUT2D eigenvalue weighted by molar-refractivity contribution is -0.120. The van der Waals surface area contributed by atoms with Gasteiger partial charge in [0.15, 0.2) is 0 Å². The molecule has 0 radical (unpaired) electrons. The van der Waals surface area contributed by atoms with Crippen LogP contribution in [0.25, 0.3) is 11.1 Å². The van der Waals surface area contributed by atoms with Crippen molar-refractivity contribution in [2.45, 2.75) is 52.3 Å². The van der Waals surface area contributed by atoms with Crippen LogP contribution in [0.15, 0.2) is 30.6 Å². The van der Waals surface area contributed by atoms with Gasteiger partial charge in [-0.05, 0) is 51.3 Å². The van der Waals surface area contributed by atoms with E-state index in [0.29, 0.717) is 17.9 Å². The molecule has 33 heavy (non-hydrogen) atoms. The zero-order chi connectivity index (χ0) is 23.9. The van der Waals surface area contributed by atoms with E-state index in [2.05, 4.69) is 5.10 Å². The summed E-state index contributed by atoms with van der Waals surface area (Å²) in [5.74, 6) is 0.160. The molecule has 2 amide bonds. The molecule has 1 aromatic heterocycles. The van der Waals surface area contributed by atoms with Gasteiger partial charge in [0.05, 0.1) is 42.0 Å². The Morgan fingerprint density at radius 1 is 1.18 bits per heavy atom. The van der Waals surface area contributed by atoms with Crippen LogP contribution in [0.3, 0.4) is 0 Å². The lowest BCUT2D eigenvalue weighted by atomic mass is 10.0. The van der Waals surface area contributed by atoms with Gasteiger partial charge in [-0.1, -0.05) is 6.07 Å². The molecule has 4 rings (SSSR count). The summed E-state index contributed by atoms with van der Waals surface area (Å²) < 4.78 is 30.0. The Morgan fingerprint density at radius 3 is 2.55 bits per heavy atom. The number of fused-ring (bicyclic) bond motifs is 1. The molecule has 1 aromatic carbocycles. The minimum Gasteiger partial charge on any atom is -0.446 e. The van der Waals surface area contributed by atoms with Crippen LogP contribution in [-0.4, -0.2) is 60.9 Å². The third kappa shape index (κ3) is 5.21. The molecule has 0 spiro atoms. The van der Waals surface area contributed by atoms with Crippen molar-refractivity contribution in [2.24, 2.45) is 5.92 Å². The molecule has 0 bridgehead atoms. The average molecular weight is 475 g/mol. The molecule has 2 heterocycles. The summed E-state index contributed by atoms with van der Waals surface area (Å²) in [6.07, 6.45) is 5.74. The number of anilines is 2. The second kappa shape index (κ2) is 8.81. The fourth-order valence-electron chi connectivity index (χ4n) is 4.00. The van der Waals surface area contributed by atoms with E-state index in [9.17, 15) is 18.0 Å². The summed E-state index contributed by atoms with van der Waals surface area (Å²) in [5, 5.41) is 4.27. The second-order valence-corrected chi connectivity index (χ2v) is 11.5. The van der Waals surface area contributed by atoms with E-state index in [4.69, 9.17) is 4.74 Å². The van der Waals surface area contributed by atoms with E-state index in [1.807, 2.05) is 30.0 Å².